The Morgan fingerprint density at radius 2 is 2.29 bits per heavy atom. The maximum absolute atomic E-state index is 11.9. The van der Waals surface area contributed by atoms with Crippen LogP contribution in [0.4, 0.5) is 0 Å². The molecule has 1 amide bonds. The highest BCUT2D eigenvalue weighted by molar-refractivity contribution is 5.81. The van der Waals surface area contributed by atoms with Crippen molar-refractivity contribution in [2.45, 2.75) is 39.7 Å². The van der Waals surface area contributed by atoms with Crippen molar-refractivity contribution >= 4 is 5.91 Å². The van der Waals surface area contributed by atoms with E-state index in [0.717, 1.165) is 32.5 Å². The number of nitrogens with one attached hydrogen (secondary N) is 1. The standard InChI is InChI=1S/C13H23N3O/c1-4-16-7-5-6-11(9-16)15-13(17)12(8-14)10(2)3/h10-12H,4-7,9H2,1-3H3,(H,15,17). The Labute approximate surface area is 104 Å². The van der Waals surface area contributed by atoms with Gasteiger partial charge in [0.15, 0.2) is 0 Å². The summed E-state index contributed by atoms with van der Waals surface area (Å²) in [5.41, 5.74) is 0. The van der Waals surface area contributed by atoms with Gasteiger partial charge >= 0.3 is 0 Å². The summed E-state index contributed by atoms with van der Waals surface area (Å²) in [6.07, 6.45) is 2.15. The molecular weight excluding hydrogens is 214 g/mol. The molecule has 1 saturated heterocycles. The lowest BCUT2D eigenvalue weighted by Crippen LogP contribution is -2.49. The molecule has 0 spiro atoms. The summed E-state index contributed by atoms with van der Waals surface area (Å²) < 4.78 is 0. The van der Waals surface area contributed by atoms with E-state index in [0.29, 0.717) is 0 Å². The molecule has 0 aliphatic carbocycles. The number of hydrogen-bond donors (Lipinski definition) is 1. The van der Waals surface area contributed by atoms with Crippen LogP contribution in [0.15, 0.2) is 0 Å². The van der Waals surface area contributed by atoms with Crippen LogP contribution in [-0.2, 0) is 4.79 Å². The number of hydrogen-bond acceptors (Lipinski definition) is 3. The summed E-state index contributed by atoms with van der Waals surface area (Å²) >= 11 is 0. The molecule has 0 aromatic heterocycles. The molecule has 0 radical (unpaired) electrons. The van der Waals surface area contributed by atoms with Gasteiger partial charge in [-0.25, -0.2) is 0 Å². The highest BCUT2D eigenvalue weighted by Gasteiger charge is 2.26. The second kappa shape index (κ2) is 6.61. The normalized spacial score (nSPS) is 23.1. The van der Waals surface area contributed by atoms with Crippen LogP contribution in [0.1, 0.15) is 33.6 Å². The number of piperidine rings is 1. The van der Waals surface area contributed by atoms with Crippen molar-refractivity contribution in [1.82, 2.24) is 10.2 Å². The number of nitrogens with zero attached hydrogens (tertiary/aromatic N) is 2. The Hall–Kier alpha value is -1.08. The smallest absolute Gasteiger partial charge is 0.237 e. The van der Waals surface area contributed by atoms with Crippen molar-refractivity contribution in [3.8, 4) is 6.07 Å². The zero-order valence-corrected chi connectivity index (χ0v) is 11.1. The number of nitriles is 1. The lowest BCUT2D eigenvalue weighted by Gasteiger charge is -2.32. The summed E-state index contributed by atoms with van der Waals surface area (Å²) in [5.74, 6) is -0.552. The van der Waals surface area contributed by atoms with Crippen molar-refractivity contribution in [2.24, 2.45) is 11.8 Å². The Balaban J connectivity index is 2.48. The zero-order chi connectivity index (χ0) is 12.8. The number of carbonyl (C=O) groups is 1. The molecule has 96 valence electrons. The van der Waals surface area contributed by atoms with Crippen LogP contribution in [-0.4, -0.2) is 36.5 Å². The van der Waals surface area contributed by atoms with E-state index < -0.39 is 5.92 Å². The first-order valence-electron chi connectivity index (χ1n) is 6.50. The van der Waals surface area contributed by atoms with Gasteiger partial charge in [0.2, 0.25) is 5.91 Å². The topological polar surface area (TPSA) is 56.1 Å². The molecule has 1 N–H and O–H groups in total. The predicted molar refractivity (Wildman–Crippen MR) is 67.2 cm³/mol. The third-order valence-electron chi connectivity index (χ3n) is 3.39. The lowest BCUT2D eigenvalue weighted by atomic mass is 9.95. The molecule has 0 saturated carbocycles. The average molecular weight is 237 g/mol. The number of amides is 1. The van der Waals surface area contributed by atoms with Gasteiger partial charge < -0.3 is 10.2 Å². The van der Waals surface area contributed by atoms with Crippen LogP contribution in [0.5, 0.6) is 0 Å². The summed E-state index contributed by atoms with van der Waals surface area (Å²) in [5, 5.41) is 12.0. The molecule has 17 heavy (non-hydrogen) atoms. The molecule has 1 aliphatic heterocycles. The molecule has 1 fully saturated rings. The predicted octanol–water partition coefficient (Wildman–Crippen LogP) is 1.38. The molecule has 4 heteroatoms. The third kappa shape index (κ3) is 4.01. The van der Waals surface area contributed by atoms with Gasteiger partial charge in [-0.2, -0.15) is 5.26 Å². The van der Waals surface area contributed by atoms with E-state index in [9.17, 15) is 4.79 Å². The largest absolute Gasteiger partial charge is 0.351 e. The Morgan fingerprint density at radius 3 is 2.82 bits per heavy atom. The van der Waals surface area contributed by atoms with Gasteiger partial charge in [-0.3, -0.25) is 4.79 Å². The third-order valence-corrected chi connectivity index (χ3v) is 3.39. The molecule has 1 heterocycles. The van der Waals surface area contributed by atoms with Crippen LogP contribution in [0.2, 0.25) is 0 Å². The Kier molecular flexibility index (Phi) is 5.43. The first kappa shape index (κ1) is 14.0. The molecule has 0 aromatic carbocycles. The average Bonchev–Trinajstić information content (AvgIpc) is 2.29. The van der Waals surface area contributed by atoms with Crippen LogP contribution < -0.4 is 5.32 Å². The van der Waals surface area contributed by atoms with E-state index in [2.05, 4.69) is 23.2 Å². The minimum absolute atomic E-state index is 0.0749. The van der Waals surface area contributed by atoms with E-state index in [-0.39, 0.29) is 17.9 Å². The van der Waals surface area contributed by atoms with Crippen LogP contribution in [0, 0.1) is 23.2 Å². The van der Waals surface area contributed by atoms with E-state index >= 15 is 0 Å². The summed E-state index contributed by atoms with van der Waals surface area (Å²) in [7, 11) is 0. The van der Waals surface area contributed by atoms with Gasteiger partial charge in [0.05, 0.1) is 6.07 Å². The molecule has 1 aliphatic rings. The molecular formula is C13H23N3O. The van der Waals surface area contributed by atoms with E-state index in [1.165, 1.54) is 0 Å². The zero-order valence-electron chi connectivity index (χ0n) is 11.1. The van der Waals surface area contributed by atoms with Gasteiger partial charge in [0, 0.05) is 12.6 Å². The minimum atomic E-state index is -0.521. The fraction of sp³-hybridized carbons (Fsp3) is 0.846. The van der Waals surface area contributed by atoms with Crippen LogP contribution in [0.3, 0.4) is 0 Å². The van der Waals surface area contributed by atoms with Crippen molar-refractivity contribution in [1.29, 1.82) is 5.26 Å². The van der Waals surface area contributed by atoms with E-state index in [4.69, 9.17) is 5.26 Å². The van der Waals surface area contributed by atoms with Crippen molar-refractivity contribution in [3.63, 3.8) is 0 Å². The SMILES string of the molecule is CCN1CCCC(NC(=O)C(C#N)C(C)C)C1. The molecule has 2 unspecified atom stereocenters. The summed E-state index contributed by atoms with van der Waals surface area (Å²) in [6, 6.07) is 2.30. The highest BCUT2D eigenvalue weighted by Crippen LogP contribution is 2.13. The molecule has 4 nitrogen and oxygen atoms in total. The minimum Gasteiger partial charge on any atom is -0.351 e. The van der Waals surface area contributed by atoms with E-state index in [1.54, 1.807) is 0 Å². The second-order valence-electron chi connectivity index (χ2n) is 5.09. The fourth-order valence-corrected chi connectivity index (χ4v) is 2.26. The number of rotatable bonds is 4. The van der Waals surface area contributed by atoms with Gasteiger partial charge in [-0.05, 0) is 31.8 Å². The van der Waals surface area contributed by atoms with Crippen LogP contribution in [0.25, 0.3) is 0 Å². The lowest BCUT2D eigenvalue weighted by molar-refractivity contribution is -0.125. The summed E-state index contributed by atoms with van der Waals surface area (Å²) in [4.78, 5) is 14.3. The summed E-state index contributed by atoms with van der Waals surface area (Å²) in [6.45, 7) is 9.02. The highest BCUT2D eigenvalue weighted by atomic mass is 16.1. The number of likely N-dealkylation sites (N-methyl/N-ethyl adjacent to an activating group) is 1. The Bertz CT molecular complexity index is 296. The molecule has 1 rings (SSSR count). The maximum atomic E-state index is 11.9. The van der Waals surface area contributed by atoms with E-state index in [1.807, 2.05) is 13.8 Å². The number of carbonyl (C=O) groups excluding carboxylic acids is 1. The first-order chi connectivity index (χ1) is 8.08. The van der Waals surface area contributed by atoms with Gasteiger partial charge in [-0.1, -0.05) is 20.8 Å². The quantitative estimate of drug-likeness (QED) is 0.803. The van der Waals surface area contributed by atoms with Gasteiger partial charge in [-0.15, -0.1) is 0 Å². The molecule has 2 atom stereocenters. The Morgan fingerprint density at radius 1 is 1.59 bits per heavy atom. The van der Waals surface area contributed by atoms with Crippen molar-refractivity contribution in [3.05, 3.63) is 0 Å². The monoisotopic (exact) mass is 237 g/mol. The van der Waals surface area contributed by atoms with Crippen molar-refractivity contribution < 1.29 is 4.79 Å². The van der Waals surface area contributed by atoms with Gasteiger partial charge in [0.1, 0.15) is 5.92 Å². The number of likely N-dealkylation sites (tertiary alicyclic amines) is 1. The molecule has 0 bridgehead atoms. The molecule has 0 aromatic rings. The first-order valence-corrected chi connectivity index (χ1v) is 6.50. The van der Waals surface area contributed by atoms with Crippen molar-refractivity contribution in [2.75, 3.05) is 19.6 Å². The fourth-order valence-electron chi connectivity index (χ4n) is 2.26. The van der Waals surface area contributed by atoms with Gasteiger partial charge in [0.25, 0.3) is 0 Å². The van der Waals surface area contributed by atoms with Crippen LogP contribution >= 0.6 is 0 Å². The second-order valence-corrected chi connectivity index (χ2v) is 5.09. The maximum Gasteiger partial charge on any atom is 0.237 e.